The van der Waals surface area contributed by atoms with Crippen molar-refractivity contribution in [3.05, 3.63) is 51.9 Å². The summed E-state index contributed by atoms with van der Waals surface area (Å²) in [4.78, 5) is 21.5. The Morgan fingerprint density at radius 2 is 2.00 bits per heavy atom. The molecule has 0 aliphatic heterocycles. The first-order valence-corrected chi connectivity index (χ1v) is 8.98. The van der Waals surface area contributed by atoms with Gasteiger partial charge in [0.2, 0.25) is 0 Å². The zero-order valence-corrected chi connectivity index (χ0v) is 15.3. The van der Waals surface area contributed by atoms with Crippen molar-refractivity contribution in [2.24, 2.45) is 0 Å². The lowest BCUT2D eigenvalue weighted by atomic mass is 10.1. The molecule has 2 rings (SSSR count). The third-order valence-electron chi connectivity index (χ3n) is 3.41. The summed E-state index contributed by atoms with van der Waals surface area (Å²) < 4.78 is 0. The van der Waals surface area contributed by atoms with Crippen molar-refractivity contribution in [2.75, 3.05) is 6.26 Å². The molecule has 0 bridgehead atoms. The lowest BCUT2D eigenvalue weighted by Crippen LogP contribution is -2.25. The highest BCUT2D eigenvalue weighted by Gasteiger charge is 2.19. The molecular formula is C17H20ClN3OS. The van der Waals surface area contributed by atoms with Crippen molar-refractivity contribution in [1.29, 1.82) is 0 Å². The summed E-state index contributed by atoms with van der Waals surface area (Å²) in [6.45, 7) is 6.29. The van der Waals surface area contributed by atoms with Crippen molar-refractivity contribution in [2.45, 2.75) is 38.3 Å². The summed E-state index contributed by atoms with van der Waals surface area (Å²) in [5, 5.41) is 4.25. The quantitative estimate of drug-likeness (QED) is 0.648. The second kappa shape index (κ2) is 7.79. The van der Waals surface area contributed by atoms with Gasteiger partial charge in [0, 0.05) is 17.5 Å². The first-order chi connectivity index (χ1) is 10.9. The maximum absolute atomic E-state index is 12.6. The number of thioether (sulfide) groups is 1. The van der Waals surface area contributed by atoms with Gasteiger partial charge in [-0.3, -0.25) is 4.79 Å². The fourth-order valence-electron chi connectivity index (χ4n) is 2.14. The summed E-state index contributed by atoms with van der Waals surface area (Å²) in [5.74, 6) is 0.802. The molecule has 0 aliphatic carbocycles. The van der Waals surface area contributed by atoms with Gasteiger partial charge < -0.3 is 5.32 Å². The van der Waals surface area contributed by atoms with E-state index in [0.717, 1.165) is 11.4 Å². The number of hydrogen-bond acceptors (Lipinski definition) is 4. The molecule has 0 unspecified atom stereocenters. The van der Waals surface area contributed by atoms with Crippen LogP contribution in [0, 0.1) is 6.92 Å². The number of nitrogens with zero attached hydrogens (tertiary/aromatic N) is 2. The van der Waals surface area contributed by atoms with Crippen molar-refractivity contribution in [3.8, 4) is 0 Å². The highest BCUT2D eigenvalue weighted by atomic mass is 35.5. The molecule has 23 heavy (non-hydrogen) atoms. The zero-order chi connectivity index (χ0) is 17.0. The SMILES string of the molecule is CSc1nc(C(C)C)nc(C)c1C(=O)NCc1ccccc1Cl. The van der Waals surface area contributed by atoms with Gasteiger partial charge >= 0.3 is 0 Å². The Labute approximate surface area is 146 Å². The van der Waals surface area contributed by atoms with Crippen LogP contribution < -0.4 is 5.32 Å². The van der Waals surface area contributed by atoms with E-state index in [2.05, 4.69) is 15.3 Å². The van der Waals surface area contributed by atoms with Crippen LogP contribution in [0.2, 0.25) is 5.02 Å². The highest BCUT2D eigenvalue weighted by molar-refractivity contribution is 7.98. The van der Waals surface area contributed by atoms with E-state index in [1.807, 2.05) is 51.3 Å². The molecule has 0 atom stereocenters. The third kappa shape index (κ3) is 4.24. The minimum absolute atomic E-state index is 0.179. The van der Waals surface area contributed by atoms with E-state index < -0.39 is 0 Å². The molecule has 1 amide bonds. The van der Waals surface area contributed by atoms with Crippen molar-refractivity contribution < 1.29 is 4.79 Å². The molecule has 0 saturated carbocycles. The van der Waals surface area contributed by atoms with Gasteiger partial charge in [-0.05, 0) is 24.8 Å². The molecule has 1 aromatic carbocycles. The highest BCUT2D eigenvalue weighted by Crippen LogP contribution is 2.23. The first kappa shape index (κ1) is 17.8. The number of carbonyl (C=O) groups is 1. The molecule has 4 nitrogen and oxygen atoms in total. The molecule has 6 heteroatoms. The Morgan fingerprint density at radius 1 is 1.30 bits per heavy atom. The molecule has 122 valence electrons. The van der Waals surface area contributed by atoms with Crippen LogP contribution in [-0.2, 0) is 6.54 Å². The Balaban J connectivity index is 2.24. The van der Waals surface area contributed by atoms with E-state index in [1.54, 1.807) is 0 Å². The van der Waals surface area contributed by atoms with E-state index in [-0.39, 0.29) is 11.8 Å². The largest absolute Gasteiger partial charge is 0.348 e. The number of amides is 1. The minimum Gasteiger partial charge on any atom is -0.348 e. The Morgan fingerprint density at radius 3 is 2.61 bits per heavy atom. The van der Waals surface area contributed by atoms with Gasteiger partial charge in [-0.1, -0.05) is 43.6 Å². The Kier molecular flexibility index (Phi) is 6.02. The van der Waals surface area contributed by atoms with E-state index in [1.165, 1.54) is 11.8 Å². The molecule has 0 spiro atoms. The number of hydrogen-bond donors (Lipinski definition) is 1. The van der Waals surface area contributed by atoms with Crippen LogP contribution in [0.15, 0.2) is 29.3 Å². The van der Waals surface area contributed by atoms with Crippen LogP contribution in [0.1, 0.15) is 47.2 Å². The van der Waals surface area contributed by atoms with Gasteiger partial charge in [-0.15, -0.1) is 11.8 Å². The normalized spacial score (nSPS) is 10.9. The number of benzene rings is 1. The maximum Gasteiger partial charge on any atom is 0.256 e. The molecule has 1 N–H and O–H groups in total. The molecule has 0 saturated heterocycles. The summed E-state index contributed by atoms with van der Waals surface area (Å²) >= 11 is 7.58. The minimum atomic E-state index is -0.179. The van der Waals surface area contributed by atoms with E-state index in [4.69, 9.17) is 11.6 Å². The molecule has 2 aromatic rings. The van der Waals surface area contributed by atoms with Crippen LogP contribution in [0.5, 0.6) is 0 Å². The van der Waals surface area contributed by atoms with Crippen LogP contribution in [-0.4, -0.2) is 22.1 Å². The number of aryl methyl sites for hydroxylation is 1. The second-order valence-corrected chi connectivity index (χ2v) is 6.68. The van der Waals surface area contributed by atoms with Crippen molar-refractivity contribution in [1.82, 2.24) is 15.3 Å². The van der Waals surface area contributed by atoms with Gasteiger partial charge in [0.25, 0.3) is 5.91 Å². The van der Waals surface area contributed by atoms with Crippen LogP contribution in [0.3, 0.4) is 0 Å². The average Bonchev–Trinajstić information content (AvgIpc) is 2.52. The van der Waals surface area contributed by atoms with E-state index in [9.17, 15) is 4.79 Å². The standard InChI is InChI=1S/C17H20ClN3OS/c1-10(2)15-20-11(3)14(17(21-15)23-4)16(22)19-9-12-7-5-6-8-13(12)18/h5-8,10H,9H2,1-4H3,(H,19,22). The second-order valence-electron chi connectivity index (χ2n) is 5.48. The van der Waals surface area contributed by atoms with Crippen LogP contribution >= 0.6 is 23.4 Å². The average molecular weight is 350 g/mol. The summed E-state index contributed by atoms with van der Waals surface area (Å²) in [7, 11) is 0. The van der Waals surface area contributed by atoms with E-state index >= 15 is 0 Å². The van der Waals surface area contributed by atoms with Gasteiger partial charge in [0.1, 0.15) is 10.9 Å². The summed E-state index contributed by atoms with van der Waals surface area (Å²) in [6.07, 6.45) is 1.91. The Bertz CT molecular complexity index is 719. The molecule has 0 fully saturated rings. The van der Waals surface area contributed by atoms with Crippen molar-refractivity contribution >= 4 is 29.3 Å². The number of halogens is 1. The van der Waals surface area contributed by atoms with E-state index in [0.29, 0.717) is 27.9 Å². The molecule has 1 heterocycles. The maximum atomic E-state index is 12.6. The molecule has 1 aromatic heterocycles. The number of aromatic nitrogens is 2. The fourth-order valence-corrected chi connectivity index (χ4v) is 2.97. The molecule has 0 aliphatic rings. The Hall–Kier alpha value is -1.59. The van der Waals surface area contributed by atoms with Gasteiger partial charge in [0.15, 0.2) is 0 Å². The smallest absolute Gasteiger partial charge is 0.256 e. The van der Waals surface area contributed by atoms with Crippen molar-refractivity contribution in [3.63, 3.8) is 0 Å². The predicted octanol–water partition coefficient (Wildman–Crippen LogP) is 4.21. The number of rotatable bonds is 5. The third-order valence-corrected chi connectivity index (χ3v) is 4.46. The lowest BCUT2D eigenvalue weighted by molar-refractivity contribution is 0.0946. The van der Waals surface area contributed by atoms with Crippen LogP contribution in [0.25, 0.3) is 0 Å². The van der Waals surface area contributed by atoms with Gasteiger partial charge in [0.05, 0.1) is 11.3 Å². The first-order valence-electron chi connectivity index (χ1n) is 7.38. The van der Waals surface area contributed by atoms with Gasteiger partial charge in [-0.25, -0.2) is 9.97 Å². The topological polar surface area (TPSA) is 54.9 Å². The summed E-state index contributed by atoms with van der Waals surface area (Å²) in [6, 6.07) is 7.46. The predicted molar refractivity (Wildman–Crippen MR) is 95.3 cm³/mol. The molecule has 0 radical (unpaired) electrons. The lowest BCUT2D eigenvalue weighted by Gasteiger charge is -2.14. The zero-order valence-electron chi connectivity index (χ0n) is 13.7. The van der Waals surface area contributed by atoms with Gasteiger partial charge in [-0.2, -0.15) is 0 Å². The number of carbonyl (C=O) groups excluding carboxylic acids is 1. The fraction of sp³-hybridized carbons (Fsp3) is 0.353. The van der Waals surface area contributed by atoms with Crippen LogP contribution in [0.4, 0.5) is 0 Å². The monoisotopic (exact) mass is 349 g/mol. The summed E-state index contributed by atoms with van der Waals surface area (Å²) in [5.41, 5.74) is 2.12. The molecular weight excluding hydrogens is 330 g/mol. The number of nitrogens with one attached hydrogen (secondary N) is 1.